The van der Waals surface area contributed by atoms with Crippen LogP contribution in [0, 0.1) is 11.8 Å². The molecule has 11 heteroatoms. The Hall–Kier alpha value is -2.33. The number of imidazole rings is 1. The molecule has 1 saturated heterocycles. The Kier molecular flexibility index (Phi) is 5.34. The summed E-state index contributed by atoms with van der Waals surface area (Å²) in [6.45, 7) is 0.474. The first-order valence-corrected chi connectivity index (χ1v) is 12.5. The lowest BCUT2D eigenvalue weighted by Gasteiger charge is -2.38. The van der Waals surface area contributed by atoms with Gasteiger partial charge in [0.2, 0.25) is 5.91 Å². The number of pyridine rings is 1. The van der Waals surface area contributed by atoms with Crippen molar-refractivity contribution in [2.75, 3.05) is 19.6 Å². The van der Waals surface area contributed by atoms with Gasteiger partial charge < -0.3 is 14.9 Å². The van der Waals surface area contributed by atoms with Crippen LogP contribution in [0.25, 0.3) is 5.65 Å². The molecule has 2 amide bonds. The van der Waals surface area contributed by atoms with E-state index >= 15 is 0 Å². The van der Waals surface area contributed by atoms with Gasteiger partial charge in [0, 0.05) is 25.3 Å². The van der Waals surface area contributed by atoms with Gasteiger partial charge in [-0.2, -0.15) is 13.2 Å². The quantitative estimate of drug-likeness (QED) is 0.683. The SMILES string of the molecule is O=C(c1nc2c(C(F)(F)F)cc(C3CC3)cn2c1Cl)N1CCN(C2C[C@H]3CC(O)C[C@H]3C2)C(=O)C1. The predicted octanol–water partition coefficient (Wildman–Crippen LogP) is 3.72. The number of amides is 2. The van der Waals surface area contributed by atoms with Crippen molar-refractivity contribution < 1.29 is 27.9 Å². The van der Waals surface area contributed by atoms with E-state index in [1.54, 1.807) is 0 Å². The minimum Gasteiger partial charge on any atom is -0.393 e. The fourth-order valence-corrected chi connectivity index (χ4v) is 6.58. The van der Waals surface area contributed by atoms with Crippen LogP contribution < -0.4 is 0 Å². The molecule has 3 aliphatic carbocycles. The molecule has 4 fully saturated rings. The molecule has 3 saturated carbocycles. The van der Waals surface area contributed by atoms with Gasteiger partial charge in [-0.3, -0.25) is 14.0 Å². The summed E-state index contributed by atoms with van der Waals surface area (Å²) >= 11 is 6.40. The van der Waals surface area contributed by atoms with Crippen molar-refractivity contribution in [1.82, 2.24) is 19.2 Å². The first-order chi connectivity index (χ1) is 16.6. The monoisotopic (exact) mass is 510 g/mol. The predicted molar refractivity (Wildman–Crippen MR) is 120 cm³/mol. The molecule has 2 aromatic heterocycles. The number of aromatic nitrogens is 2. The molecule has 3 heterocycles. The highest BCUT2D eigenvalue weighted by atomic mass is 35.5. The lowest BCUT2D eigenvalue weighted by molar-refractivity contribution is -0.138. The molecule has 0 radical (unpaired) electrons. The van der Waals surface area contributed by atoms with E-state index in [9.17, 15) is 27.9 Å². The summed E-state index contributed by atoms with van der Waals surface area (Å²) in [6, 6.07) is 1.21. The highest BCUT2D eigenvalue weighted by Gasteiger charge is 2.45. The van der Waals surface area contributed by atoms with Crippen molar-refractivity contribution in [2.45, 2.75) is 62.8 Å². The molecule has 4 aliphatic rings. The third-order valence-electron chi connectivity index (χ3n) is 8.19. The second-order valence-corrected chi connectivity index (χ2v) is 10.8. The normalized spacial score (nSPS) is 29.3. The van der Waals surface area contributed by atoms with Gasteiger partial charge >= 0.3 is 6.18 Å². The van der Waals surface area contributed by atoms with Gasteiger partial charge in [0.25, 0.3) is 5.91 Å². The maximum Gasteiger partial charge on any atom is 0.419 e. The van der Waals surface area contributed by atoms with Gasteiger partial charge in [0.15, 0.2) is 11.3 Å². The van der Waals surface area contributed by atoms with Crippen molar-refractivity contribution in [3.63, 3.8) is 0 Å². The van der Waals surface area contributed by atoms with E-state index in [1.807, 2.05) is 4.90 Å². The Morgan fingerprint density at radius 1 is 1.11 bits per heavy atom. The van der Waals surface area contributed by atoms with E-state index in [4.69, 9.17) is 11.6 Å². The highest BCUT2D eigenvalue weighted by molar-refractivity contribution is 6.33. The van der Waals surface area contributed by atoms with Gasteiger partial charge in [0.05, 0.1) is 11.7 Å². The van der Waals surface area contributed by atoms with Crippen molar-refractivity contribution >= 4 is 29.1 Å². The second-order valence-electron chi connectivity index (χ2n) is 10.5. The summed E-state index contributed by atoms with van der Waals surface area (Å²) in [6.07, 6.45) is 1.57. The van der Waals surface area contributed by atoms with Crippen molar-refractivity contribution in [1.29, 1.82) is 0 Å². The summed E-state index contributed by atoms with van der Waals surface area (Å²) in [4.78, 5) is 33.3. The minimum absolute atomic E-state index is 0.0576. The molecular formula is C24H26ClF3N4O3. The summed E-state index contributed by atoms with van der Waals surface area (Å²) in [5.74, 6) is 0.105. The number of aliphatic hydroxyl groups excluding tert-OH is 1. The van der Waals surface area contributed by atoms with Crippen LogP contribution in [0.5, 0.6) is 0 Å². The summed E-state index contributed by atoms with van der Waals surface area (Å²) in [7, 11) is 0. The van der Waals surface area contributed by atoms with Crippen LogP contribution in [-0.4, -0.2) is 67.9 Å². The number of rotatable bonds is 3. The number of hydrogen-bond donors (Lipinski definition) is 1. The molecular weight excluding hydrogens is 485 g/mol. The van der Waals surface area contributed by atoms with Gasteiger partial charge in [-0.25, -0.2) is 4.98 Å². The van der Waals surface area contributed by atoms with Crippen LogP contribution in [0.15, 0.2) is 12.3 Å². The van der Waals surface area contributed by atoms with E-state index < -0.39 is 23.3 Å². The largest absolute Gasteiger partial charge is 0.419 e. The summed E-state index contributed by atoms with van der Waals surface area (Å²) in [5, 5.41) is 9.69. The molecule has 2 aromatic rings. The molecule has 4 atom stereocenters. The Labute approximate surface area is 204 Å². The average Bonchev–Trinajstić information content (AvgIpc) is 3.38. The van der Waals surface area contributed by atoms with E-state index in [0.29, 0.717) is 23.9 Å². The number of carbonyl (C=O) groups excluding carboxylic acids is 2. The number of hydrogen-bond acceptors (Lipinski definition) is 4. The van der Waals surface area contributed by atoms with Crippen molar-refractivity contribution in [2.24, 2.45) is 11.8 Å². The second kappa shape index (κ2) is 8.09. The van der Waals surface area contributed by atoms with Crippen LogP contribution >= 0.6 is 11.6 Å². The first kappa shape index (κ1) is 23.1. The number of fused-ring (bicyclic) bond motifs is 2. The number of alkyl halides is 3. The standard InChI is InChI=1S/C24H26ClF3N4O3/c25-21-20(29-22-18(24(26,27)28)9-15(10-32(21)22)12-1-2-12)23(35)30-3-4-31(19(34)11-30)16-5-13-7-17(33)8-14(13)6-16/h9-10,12-14,16-17,33H,1-8,11H2/t13-,14+,16?,17?. The number of nitrogens with zero attached hydrogens (tertiary/aromatic N) is 4. The molecule has 1 aliphatic heterocycles. The molecule has 35 heavy (non-hydrogen) atoms. The van der Waals surface area contributed by atoms with E-state index in [1.165, 1.54) is 11.1 Å². The van der Waals surface area contributed by atoms with E-state index in [-0.39, 0.29) is 47.9 Å². The summed E-state index contributed by atoms with van der Waals surface area (Å²) in [5.41, 5.74) is -1.06. The Morgan fingerprint density at radius 3 is 2.40 bits per heavy atom. The van der Waals surface area contributed by atoms with Gasteiger partial charge in [0.1, 0.15) is 11.7 Å². The van der Waals surface area contributed by atoms with Crippen LogP contribution in [0.2, 0.25) is 5.15 Å². The van der Waals surface area contributed by atoms with Gasteiger partial charge in [-0.1, -0.05) is 11.6 Å². The van der Waals surface area contributed by atoms with Crippen molar-refractivity contribution in [3.05, 3.63) is 34.2 Å². The zero-order valence-corrected chi connectivity index (χ0v) is 19.7. The maximum atomic E-state index is 13.8. The Balaban J connectivity index is 1.22. The molecule has 0 bridgehead atoms. The zero-order valence-electron chi connectivity index (χ0n) is 19.0. The Bertz CT molecular complexity index is 1200. The molecule has 188 valence electrons. The first-order valence-electron chi connectivity index (χ1n) is 12.2. The fraction of sp³-hybridized carbons (Fsp3) is 0.625. The van der Waals surface area contributed by atoms with Crippen LogP contribution in [0.4, 0.5) is 13.2 Å². The third kappa shape index (κ3) is 3.98. The molecule has 6 rings (SSSR count). The van der Waals surface area contributed by atoms with Crippen LogP contribution in [0.1, 0.15) is 66.1 Å². The van der Waals surface area contributed by atoms with Gasteiger partial charge in [-0.05, 0) is 67.9 Å². The fourth-order valence-electron chi connectivity index (χ4n) is 6.33. The van der Waals surface area contributed by atoms with Crippen molar-refractivity contribution in [3.8, 4) is 0 Å². The number of aliphatic hydroxyl groups is 1. The van der Waals surface area contributed by atoms with Crippen LogP contribution in [0.3, 0.4) is 0 Å². The van der Waals surface area contributed by atoms with Gasteiger partial charge in [-0.15, -0.1) is 0 Å². The molecule has 1 N–H and O–H groups in total. The molecule has 7 nitrogen and oxygen atoms in total. The highest BCUT2D eigenvalue weighted by Crippen LogP contribution is 2.46. The lowest BCUT2D eigenvalue weighted by atomic mass is 10.0. The number of piperazine rings is 1. The number of halogens is 4. The minimum atomic E-state index is -4.64. The summed E-state index contributed by atoms with van der Waals surface area (Å²) < 4.78 is 42.5. The Morgan fingerprint density at radius 2 is 1.80 bits per heavy atom. The topological polar surface area (TPSA) is 78.2 Å². The molecule has 2 unspecified atom stereocenters. The van der Waals surface area contributed by atoms with E-state index in [2.05, 4.69) is 4.98 Å². The zero-order chi connectivity index (χ0) is 24.6. The number of carbonyl (C=O) groups is 2. The maximum absolute atomic E-state index is 13.8. The molecule has 0 spiro atoms. The van der Waals surface area contributed by atoms with E-state index in [0.717, 1.165) is 49.0 Å². The average molecular weight is 511 g/mol. The third-order valence-corrected chi connectivity index (χ3v) is 8.55. The van der Waals surface area contributed by atoms with Crippen LogP contribution in [-0.2, 0) is 11.0 Å². The lowest BCUT2D eigenvalue weighted by Crippen LogP contribution is -2.55. The smallest absolute Gasteiger partial charge is 0.393 e. The molecule has 0 aromatic carbocycles.